The molecule has 1 aromatic rings. The zero-order valence-corrected chi connectivity index (χ0v) is 12.5. The number of anilines is 1. The maximum atomic E-state index is 13.4. The summed E-state index contributed by atoms with van der Waals surface area (Å²) in [5, 5.41) is 12.8. The van der Waals surface area contributed by atoms with Gasteiger partial charge in [0.1, 0.15) is 11.6 Å². The molecule has 1 heterocycles. The van der Waals surface area contributed by atoms with Crippen molar-refractivity contribution in [2.45, 2.75) is 38.3 Å². The fourth-order valence-corrected chi connectivity index (χ4v) is 2.69. The van der Waals surface area contributed by atoms with Crippen LogP contribution in [0.3, 0.4) is 0 Å². The van der Waals surface area contributed by atoms with Crippen LogP contribution in [0.4, 0.5) is 14.9 Å². The molecule has 1 unspecified atom stereocenters. The predicted octanol–water partition coefficient (Wildman–Crippen LogP) is 2.60. The number of nitrogens with one attached hydrogen (secondary N) is 1. The molecule has 0 spiro atoms. The molecule has 1 aliphatic rings. The summed E-state index contributed by atoms with van der Waals surface area (Å²) in [5.74, 6) is -0.143. The minimum Gasteiger partial charge on any atom is -0.497 e. The topological polar surface area (TPSA) is 61.8 Å². The van der Waals surface area contributed by atoms with Gasteiger partial charge in [-0.15, -0.1) is 0 Å². The van der Waals surface area contributed by atoms with E-state index in [1.54, 1.807) is 24.8 Å². The van der Waals surface area contributed by atoms with Gasteiger partial charge in [-0.3, -0.25) is 0 Å². The molecule has 2 N–H and O–H groups in total. The molecular weight excluding hydrogens is 275 g/mol. The number of likely N-dealkylation sites (tertiary alicyclic amines) is 1. The summed E-state index contributed by atoms with van der Waals surface area (Å²) < 4.78 is 18.4. The normalized spacial score (nSPS) is 18.7. The number of benzene rings is 1. The maximum absolute atomic E-state index is 13.4. The number of methoxy groups -OCH3 is 1. The maximum Gasteiger partial charge on any atom is 0.322 e. The molecule has 5 nitrogen and oxygen atoms in total. The van der Waals surface area contributed by atoms with Gasteiger partial charge in [-0.05, 0) is 32.8 Å². The van der Waals surface area contributed by atoms with Crippen LogP contribution in [-0.2, 0) is 0 Å². The zero-order chi connectivity index (χ0) is 15.6. The molecule has 6 heteroatoms. The molecule has 0 radical (unpaired) electrons. The van der Waals surface area contributed by atoms with Gasteiger partial charge in [0.05, 0.1) is 18.8 Å². The third-order valence-corrected chi connectivity index (χ3v) is 3.69. The Kier molecular flexibility index (Phi) is 4.37. The number of ether oxygens (including phenoxy) is 1. The summed E-state index contributed by atoms with van der Waals surface area (Å²) in [6.07, 6.45) is 1.60. The predicted molar refractivity (Wildman–Crippen MR) is 78.0 cm³/mol. The van der Waals surface area contributed by atoms with E-state index in [0.29, 0.717) is 18.0 Å². The van der Waals surface area contributed by atoms with E-state index in [-0.39, 0.29) is 12.1 Å². The molecule has 21 heavy (non-hydrogen) atoms. The highest BCUT2D eigenvalue weighted by Crippen LogP contribution is 2.28. The van der Waals surface area contributed by atoms with Gasteiger partial charge in [0, 0.05) is 24.4 Å². The number of nitrogens with zero attached hydrogens (tertiary/aromatic N) is 1. The Morgan fingerprint density at radius 2 is 2.19 bits per heavy atom. The summed E-state index contributed by atoms with van der Waals surface area (Å²) in [6.45, 7) is 3.95. The van der Waals surface area contributed by atoms with Crippen LogP contribution in [-0.4, -0.2) is 41.3 Å². The lowest BCUT2D eigenvalue weighted by Gasteiger charge is -2.33. The Balaban J connectivity index is 2.12. The van der Waals surface area contributed by atoms with Crippen LogP contribution in [0.2, 0.25) is 0 Å². The number of rotatable bonds is 3. The molecule has 1 aliphatic heterocycles. The quantitative estimate of drug-likeness (QED) is 0.901. The average molecular weight is 296 g/mol. The molecule has 2 amide bonds. The lowest BCUT2D eigenvalue weighted by atomic mass is 9.97. The minimum atomic E-state index is -0.965. The highest BCUT2D eigenvalue weighted by atomic mass is 19.1. The Labute approximate surface area is 123 Å². The van der Waals surface area contributed by atoms with Gasteiger partial charge in [0.15, 0.2) is 0 Å². The van der Waals surface area contributed by atoms with Gasteiger partial charge >= 0.3 is 6.03 Å². The van der Waals surface area contributed by atoms with Gasteiger partial charge in [0.2, 0.25) is 0 Å². The van der Waals surface area contributed by atoms with E-state index in [4.69, 9.17) is 4.74 Å². The first kappa shape index (κ1) is 15.6. The van der Waals surface area contributed by atoms with Crippen LogP contribution in [0.15, 0.2) is 18.2 Å². The summed E-state index contributed by atoms with van der Waals surface area (Å²) in [5.41, 5.74) is -0.633. The van der Waals surface area contributed by atoms with Crippen LogP contribution >= 0.6 is 0 Å². The molecule has 2 rings (SSSR count). The van der Waals surface area contributed by atoms with Gasteiger partial charge in [0.25, 0.3) is 0 Å². The first-order valence-corrected chi connectivity index (χ1v) is 6.96. The number of hydrogen-bond acceptors (Lipinski definition) is 3. The highest BCUT2D eigenvalue weighted by Gasteiger charge is 2.38. The van der Waals surface area contributed by atoms with Crippen molar-refractivity contribution in [3.63, 3.8) is 0 Å². The van der Waals surface area contributed by atoms with E-state index in [0.717, 1.165) is 12.8 Å². The van der Waals surface area contributed by atoms with Gasteiger partial charge in [-0.2, -0.15) is 0 Å². The van der Waals surface area contributed by atoms with Crippen molar-refractivity contribution in [1.82, 2.24) is 4.90 Å². The zero-order valence-electron chi connectivity index (χ0n) is 12.5. The van der Waals surface area contributed by atoms with Crippen molar-refractivity contribution < 1.29 is 19.0 Å². The van der Waals surface area contributed by atoms with Crippen molar-refractivity contribution in [3.8, 4) is 5.75 Å². The lowest BCUT2D eigenvalue weighted by Crippen LogP contribution is -2.49. The second-order valence-corrected chi connectivity index (χ2v) is 5.81. The van der Waals surface area contributed by atoms with E-state index in [2.05, 4.69) is 5.32 Å². The van der Waals surface area contributed by atoms with Crippen LogP contribution in [0.25, 0.3) is 0 Å². The molecule has 0 bridgehead atoms. The van der Waals surface area contributed by atoms with E-state index >= 15 is 0 Å². The largest absolute Gasteiger partial charge is 0.497 e. The monoisotopic (exact) mass is 296 g/mol. The number of amides is 2. The van der Waals surface area contributed by atoms with Gasteiger partial charge in [-0.1, -0.05) is 0 Å². The smallest absolute Gasteiger partial charge is 0.322 e. The lowest BCUT2D eigenvalue weighted by molar-refractivity contribution is 0.0117. The van der Waals surface area contributed by atoms with E-state index < -0.39 is 11.4 Å². The summed E-state index contributed by atoms with van der Waals surface area (Å²) in [7, 11) is 1.44. The highest BCUT2D eigenvalue weighted by molar-refractivity contribution is 5.90. The van der Waals surface area contributed by atoms with E-state index in [1.807, 2.05) is 0 Å². The molecular formula is C15H21FN2O3. The Bertz CT molecular complexity index is 528. The molecule has 1 atom stereocenters. The van der Waals surface area contributed by atoms with Gasteiger partial charge in [-0.25, -0.2) is 9.18 Å². The summed E-state index contributed by atoms with van der Waals surface area (Å²) >= 11 is 0. The van der Waals surface area contributed by atoms with Crippen molar-refractivity contribution >= 4 is 11.7 Å². The number of carbonyl (C=O) groups is 1. The molecule has 0 saturated carbocycles. The fourth-order valence-electron chi connectivity index (χ4n) is 2.69. The van der Waals surface area contributed by atoms with Crippen molar-refractivity contribution in [3.05, 3.63) is 24.0 Å². The molecule has 116 valence electrons. The number of urea groups is 1. The molecule has 1 saturated heterocycles. The summed E-state index contributed by atoms with van der Waals surface area (Å²) in [6, 6.07) is 3.44. The van der Waals surface area contributed by atoms with Crippen molar-refractivity contribution in [2.24, 2.45) is 0 Å². The Morgan fingerprint density at radius 1 is 1.48 bits per heavy atom. The SMILES string of the molecule is COc1cc(F)cc(NC(=O)N2CCCC2C(C)(C)O)c1. The second kappa shape index (κ2) is 5.89. The Hall–Kier alpha value is -1.82. The van der Waals surface area contributed by atoms with E-state index in [1.165, 1.54) is 19.2 Å². The van der Waals surface area contributed by atoms with Crippen LogP contribution in [0.1, 0.15) is 26.7 Å². The molecule has 0 aliphatic carbocycles. The van der Waals surface area contributed by atoms with Crippen molar-refractivity contribution in [2.75, 3.05) is 19.0 Å². The molecule has 1 aromatic carbocycles. The third kappa shape index (κ3) is 3.64. The number of carbonyl (C=O) groups excluding carboxylic acids is 1. The number of aliphatic hydroxyl groups is 1. The second-order valence-electron chi connectivity index (χ2n) is 5.81. The number of halogens is 1. The van der Waals surface area contributed by atoms with Crippen LogP contribution in [0.5, 0.6) is 5.75 Å². The average Bonchev–Trinajstić information content (AvgIpc) is 2.87. The first-order valence-electron chi connectivity index (χ1n) is 6.96. The molecule has 1 fully saturated rings. The Morgan fingerprint density at radius 3 is 2.81 bits per heavy atom. The van der Waals surface area contributed by atoms with Crippen LogP contribution < -0.4 is 10.1 Å². The van der Waals surface area contributed by atoms with Gasteiger partial charge < -0.3 is 20.1 Å². The van der Waals surface area contributed by atoms with Crippen molar-refractivity contribution in [1.29, 1.82) is 0 Å². The minimum absolute atomic E-state index is 0.243. The third-order valence-electron chi connectivity index (χ3n) is 3.69. The fraction of sp³-hybridized carbons (Fsp3) is 0.533. The molecule has 0 aromatic heterocycles. The number of hydrogen-bond donors (Lipinski definition) is 2. The first-order chi connectivity index (χ1) is 9.81. The summed E-state index contributed by atoms with van der Waals surface area (Å²) in [4.78, 5) is 13.9. The van der Waals surface area contributed by atoms with E-state index in [9.17, 15) is 14.3 Å². The van der Waals surface area contributed by atoms with Crippen LogP contribution in [0, 0.1) is 5.82 Å². The standard InChI is InChI=1S/C15H21FN2O3/c1-15(2,20)13-5-4-6-18(13)14(19)17-11-7-10(16)8-12(9-11)21-3/h7-9,13,20H,4-6H2,1-3H3,(H,17,19).